The van der Waals surface area contributed by atoms with Crippen molar-refractivity contribution in [2.24, 2.45) is 0 Å². The maximum Gasteiger partial charge on any atom is 0.416 e. The van der Waals surface area contributed by atoms with E-state index in [4.69, 9.17) is 4.42 Å². The van der Waals surface area contributed by atoms with Crippen molar-refractivity contribution in [1.29, 1.82) is 0 Å². The largest absolute Gasteiger partial charge is 0.441 e. The summed E-state index contributed by atoms with van der Waals surface area (Å²) in [4.78, 5) is 7.09. The number of rotatable bonds is 5. The Morgan fingerprint density at radius 1 is 0.966 bits per heavy atom. The molecule has 1 aliphatic rings. The minimum atomic E-state index is -4.35. The van der Waals surface area contributed by atoms with E-state index in [1.54, 1.807) is 18.2 Å². The molecule has 3 aromatic rings. The molecule has 3 nitrogen and oxygen atoms in total. The van der Waals surface area contributed by atoms with Crippen molar-refractivity contribution in [3.05, 3.63) is 65.5 Å². The molecule has 1 aliphatic heterocycles. The Kier molecular flexibility index (Phi) is 5.46. The molecular formula is C23H23F3N2O. The van der Waals surface area contributed by atoms with Crippen LogP contribution in [-0.4, -0.2) is 29.5 Å². The van der Waals surface area contributed by atoms with Gasteiger partial charge >= 0.3 is 6.18 Å². The number of oxazole rings is 1. The Morgan fingerprint density at radius 2 is 1.66 bits per heavy atom. The van der Waals surface area contributed by atoms with Gasteiger partial charge in [-0.25, -0.2) is 4.98 Å². The summed E-state index contributed by atoms with van der Waals surface area (Å²) >= 11 is 0. The summed E-state index contributed by atoms with van der Waals surface area (Å²) in [7, 11) is 0. The Morgan fingerprint density at radius 3 is 2.34 bits per heavy atom. The predicted molar refractivity (Wildman–Crippen MR) is 106 cm³/mol. The zero-order chi connectivity index (χ0) is 20.4. The SMILES string of the molecule is Cc1oc(-c2ccc(-c3cccc(C(F)(F)F)c3)cc2)nc1CCN1CCCC1. The van der Waals surface area contributed by atoms with E-state index in [0.29, 0.717) is 11.5 Å². The van der Waals surface area contributed by atoms with Crippen molar-refractivity contribution in [3.63, 3.8) is 0 Å². The number of benzene rings is 2. The van der Waals surface area contributed by atoms with Gasteiger partial charge < -0.3 is 9.32 Å². The third kappa shape index (κ3) is 4.53. The zero-order valence-corrected chi connectivity index (χ0v) is 16.3. The highest BCUT2D eigenvalue weighted by Crippen LogP contribution is 2.33. The lowest BCUT2D eigenvalue weighted by atomic mass is 10.0. The summed E-state index contributed by atoms with van der Waals surface area (Å²) in [6, 6.07) is 12.6. The molecule has 1 fully saturated rings. The molecule has 2 heterocycles. The Balaban J connectivity index is 1.50. The smallest absolute Gasteiger partial charge is 0.416 e. The summed E-state index contributed by atoms with van der Waals surface area (Å²) in [5, 5.41) is 0. The third-order valence-electron chi connectivity index (χ3n) is 5.41. The van der Waals surface area contributed by atoms with Crippen molar-refractivity contribution in [2.75, 3.05) is 19.6 Å². The minimum Gasteiger partial charge on any atom is -0.441 e. The van der Waals surface area contributed by atoms with Gasteiger partial charge in [-0.2, -0.15) is 13.2 Å². The van der Waals surface area contributed by atoms with Crippen molar-refractivity contribution < 1.29 is 17.6 Å². The van der Waals surface area contributed by atoms with Crippen molar-refractivity contribution in [1.82, 2.24) is 9.88 Å². The molecule has 1 saturated heterocycles. The zero-order valence-electron chi connectivity index (χ0n) is 16.3. The number of halogens is 3. The molecule has 0 aliphatic carbocycles. The van der Waals surface area contributed by atoms with Gasteiger partial charge in [-0.1, -0.05) is 24.3 Å². The fourth-order valence-electron chi connectivity index (χ4n) is 3.73. The number of aromatic nitrogens is 1. The molecule has 0 atom stereocenters. The Labute approximate surface area is 168 Å². The van der Waals surface area contributed by atoms with Crippen LogP contribution in [0.15, 0.2) is 52.9 Å². The second-order valence-corrected chi connectivity index (χ2v) is 7.48. The minimum absolute atomic E-state index is 0.529. The van der Waals surface area contributed by atoms with Crippen LogP contribution in [0.3, 0.4) is 0 Å². The van der Waals surface area contributed by atoms with E-state index >= 15 is 0 Å². The van der Waals surface area contributed by atoms with Crippen molar-refractivity contribution in [3.8, 4) is 22.6 Å². The summed E-state index contributed by atoms with van der Waals surface area (Å²) in [5.41, 5.74) is 2.38. The maximum absolute atomic E-state index is 12.9. The van der Waals surface area contributed by atoms with Gasteiger partial charge in [0, 0.05) is 18.5 Å². The van der Waals surface area contributed by atoms with Crippen LogP contribution in [0.2, 0.25) is 0 Å². The quantitative estimate of drug-likeness (QED) is 0.528. The monoisotopic (exact) mass is 400 g/mol. The first-order valence-electron chi connectivity index (χ1n) is 9.87. The van der Waals surface area contributed by atoms with Gasteiger partial charge in [-0.15, -0.1) is 0 Å². The lowest BCUT2D eigenvalue weighted by Gasteiger charge is -2.12. The van der Waals surface area contributed by atoms with Crippen molar-refractivity contribution in [2.45, 2.75) is 32.4 Å². The van der Waals surface area contributed by atoms with Crippen LogP contribution >= 0.6 is 0 Å². The molecule has 4 rings (SSSR count). The maximum atomic E-state index is 12.9. The Bertz CT molecular complexity index is 971. The van der Waals surface area contributed by atoms with Gasteiger partial charge in [0.1, 0.15) is 5.76 Å². The van der Waals surface area contributed by atoms with Crippen LogP contribution in [0.4, 0.5) is 13.2 Å². The average molecular weight is 400 g/mol. The van der Waals surface area contributed by atoms with Crippen LogP contribution in [-0.2, 0) is 12.6 Å². The van der Waals surface area contributed by atoms with E-state index in [1.807, 2.05) is 19.1 Å². The van der Waals surface area contributed by atoms with E-state index in [1.165, 1.54) is 25.0 Å². The van der Waals surface area contributed by atoms with Crippen LogP contribution in [0, 0.1) is 6.92 Å². The summed E-state index contributed by atoms with van der Waals surface area (Å²) in [6.07, 6.45) is -0.961. The lowest BCUT2D eigenvalue weighted by Crippen LogP contribution is -2.22. The molecule has 0 N–H and O–H groups in total. The van der Waals surface area contributed by atoms with Gasteiger partial charge in [0.15, 0.2) is 0 Å². The predicted octanol–water partition coefficient (Wildman–Crippen LogP) is 5.97. The Hall–Kier alpha value is -2.60. The molecular weight excluding hydrogens is 377 g/mol. The van der Waals surface area contributed by atoms with Crippen LogP contribution in [0.5, 0.6) is 0 Å². The summed E-state index contributed by atoms with van der Waals surface area (Å²) in [6.45, 7) is 5.22. The molecule has 0 radical (unpaired) electrons. The number of hydrogen-bond donors (Lipinski definition) is 0. The van der Waals surface area contributed by atoms with Gasteiger partial charge in [0.25, 0.3) is 0 Å². The highest BCUT2D eigenvalue weighted by Gasteiger charge is 2.30. The van der Waals surface area contributed by atoms with Gasteiger partial charge in [-0.3, -0.25) is 0 Å². The van der Waals surface area contributed by atoms with E-state index in [0.717, 1.165) is 54.7 Å². The number of likely N-dealkylation sites (tertiary alicyclic amines) is 1. The van der Waals surface area contributed by atoms with E-state index in [2.05, 4.69) is 9.88 Å². The second-order valence-electron chi connectivity index (χ2n) is 7.48. The average Bonchev–Trinajstić information content (AvgIpc) is 3.35. The highest BCUT2D eigenvalue weighted by molar-refractivity contribution is 5.68. The standard InChI is InChI=1S/C23H23F3N2O/c1-16-21(11-14-28-12-2-3-13-28)27-22(29-16)18-9-7-17(8-10-18)19-5-4-6-20(15-19)23(24,25)26/h4-10,15H,2-3,11-14H2,1H3. The van der Waals surface area contributed by atoms with E-state index in [-0.39, 0.29) is 0 Å². The van der Waals surface area contributed by atoms with Gasteiger partial charge in [-0.05, 0) is 68.2 Å². The molecule has 2 aromatic carbocycles. The number of nitrogens with zero attached hydrogens (tertiary/aromatic N) is 2. The normalized spacial score (nSPS) is 15.2. The molecule has 0 unspecified atom stereocenters. The van der Waals surface area contributed by atoms with Crippen LogP contribution < -0.4 is 0 Å². The van der Waals surface area contributed by atoms with E-state index < -0.39 is 11.7 Å². The first kappa shape index (κ1) is 19.7. The second kappa shape index (κ2) is 8.03. The first-order chi connectivity index (χ1) is 13.9. The molecule has 1 aromatic heterocycles. The highest BCUT2D eigenvalue weighted by atomic mass is 19.4. The number of hydrogen-bond acceptors (Lipinski definition) is 3. The molecule has 0 saturated carbocycles. The lowest BCUT2D eigenvalue weighted by molar-refractivity contribution is -0.137. The van der Waals surface area contributed by atoms with Gasteiger partial charge in [0.05, 0.1) is 11.3 Å². The molecule has 0 spiro atoms. The van der Waals surface area contributed by atoms with E-state index in [9.17, 15) is 13.2 Å². The van der Waals surface area contributed by atoms with Gasteiger partial charge in [0.2, 0.25) is 5.89 Å². The molecule has 152 valence electrons. The van der Waals surface area contributed by atoms with Crippen LogP contribution in [0.1, 0.15) is 29.9 Å². The number of alkyl halides is 3. The molecule has 29 heavy (non-hydrogen) atoms. The third-order valence-corrected chi connectivity index (χ3v) is 5.41. The number of aryl methyl sites for hydroxylation is 1. The molecule has 0 amide bonds. The summed E-state index contributed by atoms with van der Waals surface area (Å²) in [5.74, 6) is 1.37. The molecule has 6 heteroatoms. The van der Waals surface area contributed by atoms with Crippen molar-refractivity contribution >= 4 is 0 Å². The first-order valence-corrected chi connectivity index (χ1v) is 9.87. The fraction of sp³-hybridized carbons (Fsp3) is 0.348. The topological polar surface area (TPSA) is 29.3 Å². The summed E-state index contributed by atoms with van der Waals surface area (Å²) < 4.78 is 44.7. The fourth-order valence-corrected chi connectivity index (χ4v) is 3.73. The molecule has 0 bridgehead atoms. The van der Waals surface area contributed by atoms with Crippen LogP contribution in [0.25, 0.3) is 22.6 Å².